The van der Waals surface area contributed by atoms with E-state index in [1.807, 2.05) is 0 Å². The second-order valence-electron chi connectivity index (χ2n) is 9.43. The van der Waals surface area contributed by atoms with Gasteiger partial charge in [0, 0.05) is 27.7 Å². The highest BCUT2D eigenvalue weighted by Gasteiger charge is 2.41. The summed E-state index contributed by atoms with van der Waals surface area (Å²) in [5.74, 6) is -4.88. The summed E-state index contributed by atoms with van der Waals surface area (Å²) in [7, 11) is 2.98. The average Bonchev–Trinajstić information content (AvgIpc) is 2.85. The van der Waals surface area contributed by atoms with Crippen molar-refractivity contribution in [2.45, 2.75) is 52.2 Å². The van der Waals surface area contributed by atoms with E-state index >= 15 is 0 Å². The van der Waals surface area contributed by atoms with Gasteiger partial charge >= 0.3 is 23.9 Å². The normalized spacial score (nSPS) is 16.2. The summed E-state index contributed by atoms with van der Waals surface area (Å²) < 4.78 is 5.67. The van der Waals surface area contributed by atoms with Crippen LogP contribution in [0.15, 0.2) is 46.6 Å². The highest BCUT2D eigenvalue weighted by Crippen LogP contribution is 2.30. The first-order valence-electron chi connectivity index (χ1n) is 11.7. The second-order valence-corrected chi connectivity index (χ2v) is 9.43. The van der Waals surface area contributed by atoms with Crippen molar-refractivity contribution < 1.29 is 54.6 Å². The van der Waals surface area contributed by atoms with E-state index in [2.05, 4.69) is 0 Å². The molecule has 214 valence electrons. The number of hydrogen-bond acceptors (Lipinski definition) is 9. The lowest BCUT2D eigenvalue weighted by atomic mass is 9.85. The van der Waals surface area contributed by atoms with E-state index in [1.165, 1.54) is 64.9 Å². The van der Waals surface area contributed by atoms with Crippen LogP contribution in [0, 0.1) is 5.41 Å². The largest absolute Gasteiger partial charge is 0.478 e. The Morgan fingerprint density at radius 1 is 0.763 bits per heavy atom. The predicted molar refractivity (Wildman–Crippen MR) is 137 cm³/mol. The number of carbonyl (C=O) groups excluding carboxylic acids is 1. The van der Waals surface area contributed by atoms with Crippen LogP contribution in [0.25, 0.3) is 0 Å². The van der Waals surface area contributed by atoms with Crippen molar-refractivity contribution >= 4 is 23.9 Å². The standard InChI is InChI=1S/C26H39NO11/c1-16(8-7-9-25(13-28,14-29)15-30)24(37)38-20(10-17(2)21(31)32)26(27(5)6,11-18(3)22(33)34)12-19(4)23(35)36/h8,10-12,20,28-30H,7,9,13-15H2,1-6H3,(H,31,32)(H,33,34)(H,35,36). The molecule has 6 N–H and O–H groups in total. The van der Waals surface area contributed by atoms with E-state index in [4.69, 9.17) is 4.74 Å². The summed E-state index contributed by atoms with van der Waals surface area (Å²) in [5, 5.41) is 56.9. The van der Waals surface area contributed by atoms with Gasteiger partial charge in [-0.15, -0.1) is 0 Å². The molecule has 38 heavy (non-hydrogen) atoms. The number of carbonyl (C=O) groups is 4. The van der Waals surface area contributed by atoms with Gasteiger partial charge in [-0.25, -0.2) is 19.2 Å². The van der Waals surface area contributed by atoms with Crippen molar-refractivity contribution in [3.8, 4) is 0 Å². The molecule has 0 aromatic heterocycles. The van der Waals surface area contributed by atoms with E-state index in [-0.39, 0.29) is 35.1 Å². The number of aliphatic carboxylic acids is 3. The SMILES string of the molecule is CC(=CC(OC(=O)C(C)=CCCC(CO)(CO)CO)C(C=C(C)C(=O)O)(C=C(C)C(=O)O)N(C)C)C(=O)O. The molecule has 0 aliphatic carbocycles. The molecule has 12 heteroatoms. The molecule has 1 atom stereocenters. The molecule has 1 unspecified atom stereocenters. The third-order valence-electron chi connectivity index (χ3n) is 6.23. The molecule has 0 saturated carbocycles. The van der Waals surface area contributed by atoms with Gasteiger partial charge in [0.15, 0.2) is 0 Å². The quantitative estimate of drug-likeness (QED) is 0.120. The average molecular weight is 542 g/mol. The first-order valence-corrected chi connectivity index (χ1v) is 11.7. The van der Waals surface area contributed by atoms with E-state index in [0.717, 1.165) is 6.08 Å². The molecule has 0 spiro atoms. The fourth-order valence-electron chi connectivity index (χ4n) is 3.37. The fourth-order valence-corrected chi connectivity index (χ4v) is 3.37. The number of allylic oxidation sites excluding steroid dienone is 1. The molecular formula is C26H39NO11. The molecule has 0 amide bonds. The van der Waals surface area contributed by atoms with Crippen LogP contribution >= 0.6 is 0 Å². The van der Waals surface area contributed by atoms with Crippen LogP contribution in [0.5, 0.6) is 0 Å². The Hall–Kier alpha value is -3.32. The van der Waals surface area contributed by atoms with Crippen molar-refractivity contribution in [1.82, 2.24) is 4.90 Å². The van der Waals surface area contributed by atoms with Crippen LogP contribution in [0.3, 0.4) is 0 Å². The number of carboxylic acid groups (broad SMARTS) is 3. The smallest absolute Gasteiger partial charge is 0.334 e. The lowest BCUT2D eigenvalue weighted by molar-refractivity contribution is -0.146. The third kappa shape index (κ3) is 9.53. The number of nitrogens with zero attached hydrogens (tertiary/aromatic N) is 1. The van der Waals surface area contributed by atoms with Crippen LogP contribution in [0.2, 0.25) is 0 Å². The zero-order valence-electron chi connectivity index (χ0n) is 22.6. The molecule has 0 bridgehead atoms. The van der Waals surface area contributed by atoms with E-state index in [0.29, 0.717) is 0 Å². The van der Waals surface area contributed by atoms with Gasteiger partial charge in [0.05, 0.1) is 19.8 Å². The Morgan fingerprint density at radius 2 is 1.18 bits per heavy atom. The van der Waals surface area contributed by atoms with Gasteiger partial charge in [-0.2, -0.15) is 0 Å². The molecule has 0 radical (unpaired) electrons. The number of ether oxygens (including phenoxy) is 1. The van der Waals surface area contributed by atoms with Crippen LogP contribution in [-0.4, -0.2) is 105 Å². The molecule has 0 fully saturated rings. The molecule has 0 saturated heterocycles. The maximum Gasteiger partial charge on any atom is 0.334 e. The zero-order chi connectivity index (χ0) is 29.8. The fraction of sp³-hybridized carbons (Fsp3) is 0.538. The number of aliphatic hydroxyl groups excluding tert-OH is 3. The number of hydrogen-bond donors (Lipinski definition) is 6. The van der Waals surface area contributed by atoms with E-state index < -0.39 is 60.8 Å². The molecule has 0 aromatic carbocycles. The van der Waals surface area contributed by atoms with E-state index in [9.17, 15) is 49.8 Å². The van der Waals surface area contributed by atoms with Crippen molar-refractivity contribution in [2.75, 3.05) is 33.9 Å². The van der Waals surface area contributed by atoms with Gasteiger partial charge in [-0.05, 0) is 72.9 Å². The highest BCUT2D eigenvalue weighted by molar-refractivity contribution is 5.90. The summed E-state index contributed by atoms with van der Waals surface area (Å²) in [5.41, 5.74) is -3.46. The molecule has 0 aliphatic heterocycles. The van der Waals surface area contributed by atoms with Crippen molar-refractivity contribution in [1.29, 1.82) is 0 Å². The van der Waals surface area contributed by atoms with Gasteiger partial charge in [0.2, 0.25) is 0 Å². The van der Waals surface area contributed by atoms with Gasteiger partial charge < -0.3 is 35.4 Å². The number of likely N-dealkylation sites (N-methyl/N-ethyl adjacent to an activating group) is 1. The zero-order valence-corrected chi connectivity index (χ0v) is 22.6. The minimum absolute atomic E-state index is 0.0737. The Kier molecular flexibility index (Phi) is 13.9. The number of rotatable bonds is 16. The first-order chi connectivity index (χ1) is 17.5. The van der Waals surface area contributed by atoms with E-state index in [1.54, 1.807) is 0 Å². The Morgan fingerprint density at radius 3 is 1.53 bits per heavy atom. The molecule has 0 heterocycles. The number of aliphatic hydroxyl groups is 3. The summed E-state index contributed by atoms with van der Waals surface area (Å²) in [6.07, 6.45) is 3.75. The number of carboxylic acids is 3. The summed E-state index contributed by atoms with van der Waals surface area (Å²) in [6, 6.07) is 0. The van der Waals surface area contributed by atoms with Gasteiger partial charge in [0.1, 0.15) is 11.6 Å². The number of esters is 1. The predicted octanol–water partition coefficient (Wildman–Crippen LogP) is 0.981. The minimum atomic E-state index is -1.72. The Bertz CT molecular complexity index is 962. The maximum atomic E-state index is 13.1. The summed E-state index contributed by atoms with van der Waals surface area (Å²) >= 11 is 0. The monoisotopic (exact) mass is 541 g/mol. The topological polar surface area (TPSA) is 202 Å². The van der Waals surface area contributed by atoms with Gasteiger partial charge in [0.25, 0.3) is 0 Å². The van der Waals surface area contributed by atoms with Crippen molar-refractivity contribution in [3.63, 3.8) is 0 Å². The van der Waals surface area contributed by atoms with Crippen LogP contribution in [0.4, 0.5) is 0 Å². The van der Waals surface area contributed by atoms with Crippen LogP contribution < -0.4 is 0 Å². The van der Waals surface area contributed by atoms with Gasteiger partial charge in [-0.3, -0.25) is 4.90 Å². The maximum absolute atomic E-state index is 13.1. The third-order valence-corrected chi connectivity index (χ3v) is 6.23. The van der Waals surface area contributed by atoms with Crippen molar-refractivity contribution in [3.05, 3.63) is 46.6 Å². The molecule has 0 aromatic rings. The lowest BCUT2D eigenvalue weighted by Crippen LogP contribution is -2.53. The molecular weight excluding hydrogens is 502 g/mol. The minimum Gasteiger partial charge on any atom is -0.478 e. The van der Waals surface area contributed by atoms with Gasteiger partial charge in [-0.1, -0.05) is 6.08 Å². The molecule has 12 nitrogen and oxygen atoms in total. The second kappa shape index (κ2) is 15.2. The Balaban J connectivity index is 6.83. The lowest BCUT2D eigenvalue weighted by Gasteiger charge is -2.40. The molecule has 0 aliphatic rings. The highest BCUT2D eigenvalue weighted by atomic mass is 16.5. The summed E-state index contributed by atoms with van der Waals surface area (Å²) in [4.78, 5) is 49.4. The molecule has 0 rings (SSSR count). The van der Waals surface area contributed by atoms with Crippen LogP contribution in [0.1, 0.15) is 40.5 Å². The van der Waals surface area contributed by atoms with Crippen LogP contribution in [-0.2, 0) is 23.9 Å². The van der Waals surface area contributed by atoms with Crippen molar-refractivity contribution in [2.24, 2.45) is 5.41 Å². The first kappa shape index (κ1) is 34.7. The summed E-state index contributed by atoms with van der Waals surface area (Å²) in [6.45, 7) is 3.75. The Labute approximate surface area is 221 Å².